The number of sulfonamides is 1. The molecule has 1 aliphatic heterocycles. The molecule has 1 atom stereocenters. The van der Waals surface area contributed by atoms with Gasteiger partial charge in [-0.15, -0.1) is 0 Å². The van der Waals surface area contributed by atoms with Crippen LogP contribution < -0.4 is 19.5 Å². The van der Waals surface area contributed by atoms with Gasteiger partial charge in [0.1, 0.15) is 23.4 Å². The zero-order valence-corrected chi connectivity index (χ0v) is 19.3. The molecule has 0 saturated carbocycles. The fraction of sp³-hybridized carbons (Fsp3) is 0.292. The third-order valence-corrected chi connectivity index (χ3v) is 6.68. The lowest BCUT2D eigenvalue weighted by Gasteiger charge is -2.13. The highest BCUT2D eigenvalue weighted by Crippen LogP contribution is 2.35. The topological polar surface area (TPSA) is 107 Å². The van der Waals surface area contributed by atoms with Crippen molar-refractivity contribution in [1.29, 1.82) is 0 Å². The van der Waals surface area contributed by atoms with Crippen molar-refractivity contribution in [3.8, 4) is 11.5 Å². The maximum atomic E-state index is 12.7. The Morgan fingerprint density at radius 3 is 2.64 bits per heavy atom. The first-order valence-corrected chi connectivity index (χ1v) is 12.2. The van der Waals surface area contributed by atoms with Crippen LogP contribution in [0.25, 0.3) is 0 Å². The third kappa shape index (κ3) is 5.37. The summed E-state index contributed by atoms with van der Waals surface area (Å²) in [6.07, 6.45) is 2.42. The minimum atomic E-state index is -3.73. The molecule has 9 heteroatoms. The number of hydrogen-bond donors (Lipinski definition) is 2. The van der Waals surface area contributed by atoms with Crippen LogP contribution in [0, 0.1) is 0 Å². The van der Waals surface area contributed by atoms with E-state index >= 15 is 0 Å². The second-order valence-corrected chi connectivity index (χ2v) is 9.51. The summed E-state index contributed by atoms with van der Waals surface area (Å²) >= 11 is 0. The summed E-state index contributed by atoms with van der Waals surface area (Å²) in [4.78, 5) is 12.7. The van der Waals surface area contributed by atoms with Crippen molar-refractivity contribution in [2.24, 2.45) is 0 Å². The number of rotatable bonds is 9. The van der Waals surface area contributed by atoms with Crippen LogP contribution >= 0.6 is 0 Å². The van der Waals surface area contributed by atoms with Gasteiger partial charge in [0.05, 0.1) is 24.3 Å². The van der Waals surface area contributed by atoms with Gasteiger partial charge in [0.2, 0.25) is 10.0 Å². The molecule has 3 aromatic rings. The Morgan fingerprint density at radius 2 is 1.94 bits per heavy atom. The van der Waals surface area contributed by atoms with Crippen molar-refractivity contribution in [3.05, 3.63) is 77.2 Å². The van der Waals surface area contributed by atoms with Crippen LogP contribution in [0.3, 0.4) is 0 Å². The highest BCUT2D eigenvalue weighted by atomic mass is 32.2. The van der Waals surface area contributed by atoms with Crippen LogP contribution in [0.1, 0.15) is 41.1 Å². The fourth-order valence-electron chi connectivity index (χ4n) is 3.64. The minimum absolute atomic E-state index is 0.0446. The Hall–Kier alpha value is -3.30. The summed E-state index contributed by atoms with van der Waals surface area (Å²) in [5.74, 6) is 1.72. The van der Waals surface area contributed by atoms with Gasteiger partial charge >= 0.3 is 0 Å². The van der Waals surface area contributed by atoms with Crippen LogP contribution in [0.4, 0.5) is 0 Å². The van der Waals surface area contributed by atoms with Crippen LogP contribution in [-0.2, 0) is 29.5 Å². The van der Waals surface area contributed by atoms with Gasteiger partial charge in [0, 0.05) is 29.7 Å². The molecule has 1 aromatic heterocycles. The summed E-state index contributed by atoms with van der Waals surface area (Å²) in [6, 6.07) is 13.0. The molecule has 1 aliphatic rings. The Kier molecular flexibility index (Phi) is 6.71. The molecule has 0 spiro atoms. The number of nitrogens with one attached hydrogen (secondary N) is 2. The summed E-state index contributed by atoms with van der Waals surface area (Å²) in [7, 11) is -3.73. The molecule has 4 rings (SSSR count). The van der Waals surface area contributed by atoms with E-state index in [2.05, 4.69) is 10.0 Å². The quantitative estimate of drug-likeness (QED) is 0.496. The average molecular weight is 471 g/mol. The lowest BCUT2D eigenvalue weighted by molar-refractivity contribution is 0.0950. The van der Waals surface area contributed by atoms with Gasteiger partial charge in [-0.05, 0) is 62.4 Å². The number of furan rings is 1. The summed E-state index contributed by atoms with van der Waals surface area (Å²) < 4.78 is 44.1. The van der Waals surface area contributed by atoms with E-state index in [-0.39, 0.29) is 30.0 Å². The zero-order chi connectivity index (χ0) is 23.4. The summed E-state index contributed by atoms with van der Waals surface area (Å²) in [5.41, 5.74) is 2.27. The van der Waals surface area contributed by atoms with E-state index in [4.69, 9.17) is 13.9 Å². The molecule has 0 saturated heterocycles. The number of amides is 1. The lowest BCUT2D eigenvalue weighted by Crippen LogP contribution is -2.24. The van der Waals surface area contributed by atoms with Crippen molar-refractivity contribution in [3.63, 3.8) is 0 Å². The van der Waals surface area contributed by atoms with Crippen molar-refractivity contribution in [2.45, 2.75) is 44.4 Å². The average Bonchev–Trinajstić information content (AvgIpc) is 3.45. The molecule has 1 unspecified atom stereocenters. The molecule has 174 valence electrons. The lowest BCUT2D eigenvalue weighted by atomic mass is 10.1. The van der Waals surface area contributed by atoms with Crippen molar-refractivity contribution in [1.82, 2.24) is 10.0 Å². The van der Waals surface area contributed by atoms with Gasteiger partial charge in [-0.1, -0.05) is 0 Å². The second-order valence-electron chi connectivity index (χ2n) is 7.74. The number of benzene rings is 2. The molecule has 2 aromatic carbocycles. The third-order valence-electron chi connectivity index (χ3n) is 5.26. The van der Waals surface area contributed by atoms with E-state index in [1.54, 1.807) is 12.1 Å². The SMILES string of the molecule is CCOc1cc2c(cc1CNC(=O)c1ccc(S(=O)(=O)NCc3ccco3)cc1)OC(C)C2. The number of hydrogen-bond acceptors (Lipinski definition) is 6. The Balaban J connectivity index is 1.41. The predicted octanol–water partition coefficient (Wildman–Crippen LogP) is 3.41. The van der Waals surface area contributed by atoms with Crippen LogP contribution in [0.5, 0.6) is 11.5 Å². The van der Waals surface area contributed by atoms with Gasteiger partial charge in [0.25, 0.3) is 5.91 Å². The Bertz CT molecular complexity index is 1220. The fourth-order valence-corrected chi connectivity index (χ4v) is 4.63. The standard InChI is InChI=1S/C24H26N2O6S/c1-3-30-22-12-18-11-16(2)32-23(18)13-19(22)14-25-24(27)17-6-8-21(9-7-17)33(28,29)26-15-20-5-4-10-31-20/h4-10,12-13,16,26H,3,11,14-15H2,1-2H3,(H,25,27). The van der Waals surface area contributed by atoms with Crippen LogP contribution in [0.2, 0.25) is 0 Å². The van der Waals surface area contributed by atoms with E-state index in [0.717, 1.165) is 29.0 Å². The molecule has 0 fully saturated rings. The van der Waals surface area contributed by atoms with E-state index in [0.29, 0.717) is 17.9 Å². The van der Waals surface area contributed by atoms with Gasteiger partial charge in [-0.3, -0.25) is 4.79 Å². The monoisotopic (exact) mass is 470 g/mol. The van der Waals surface area contributed by atoms with Crippen LogP contribution in [-0.4, -0.2) is 27.0 Å². The number of carbonyl (C=O) groups excluding carboxylic acids is 1. The van der Waals surface area contributed by atoms with Crippen molar-refractivity contribution < 1.29 is 27.1 Å². The Morgan fingerprint density at radius 1 is 1.15 bits per heavy atom. The maximum absolute atomic E-state index is 12.7. The molecule has 2 N–H and O–H groups in total. The largest absolute Gasteiger partial charge is 0.494 e. The predicted molar refractivity (Wildman–Crippen MR) is 122 cm³/mol. The summed E-state index contributed by atoms with van der Waals surface area (Å²) in [6.45, 7) is 4.74. The molecule has 0 radical (unpaired) electrons. The van der Waals surface area contributed by atoms with Gasteiger partial charge in [-0.25, -0.2) is 13.1 Å². The first-order valence-electron chi connectivity index (χ1n) is 10.7. The summed E-state index contributed by atoms with van der Waals surface area (Å²) in [5, 5.41) is 2.87. The normalized spacial score (nSPS) is 15.0. The van der Waals surface area contributed by atoms with Gasteiger partial charge in [-0.2, -0.15) is 0 Å². The maximum Gasteiger partial charge on any atom is 0.251 e. The van der Waals surface area contributed by atoms with Crippen molar-refractivity contribution >= 4 is 15.9 Å². The van der Waals surface area contributed by atoms with E-state index in [1.165, 1.54) is 30.5 Å². The molecular weight excluding hydrogens is 444 g/mol. The van der Waals surface area contributed by atoms with Crippen LogP contribution in [0.15, 0.2) is 64.1 Å². The van der Waals surface area contributed by atoms with E-state index in [9.17, 15) is 13.2 Å². The molecular formula is C24H26N2O6S. The highest BCUT2D eigenvalue weighted by molar-refractivity contribution is 7.89. The number of fused-ring (bicyclic) bond motifs is 1. The molecule has 0 bridgehead atoms. The zero-order valence-electron chi connectivity index (χ0n) is 18.5. The number of ether oxygens (including phenoxy) is 2. The second kappa shape index (κ2) is 9.68. The van der Waals surface area contributed by atoms with Crippen molar-refractivity contribution in [2.75, 3.05) is 6.61 Å². The highest BCUT2D eigenvalue weighted by Gasteiger charge is 2.22. The molecule has 1 amide bonds. The van der Waals surface area contributed by atoms with Gasteiger partial charge in [0.15, 0.2) is 0 Å². The molecule has 33 heavy (non-hydrogen) atoms. The molecule has 0 aliphatic carbocycles. The van der Waals surface area contributed by atoms with Gasteiger partial charge < -0.3 is 19.2 Å². The smallest absolute Gasteiger partial charge is 0.251 e. The number of carbonyl (C=O) groups is 1. The first kappa shape index (κ1) is 22.9. The molecule has 8 nitrogen and oxygen atoms in total. The van der Waals surface area contributed by atoms with E-state index in [1.807, 2.05) is 26.0 Å². The first-order chi connectivity index (χ1) is 15.9. The molecule has 2 heterocycles. The Labute approximate surface area is 193 Å². The van der Waals surface area contributed by atoms with E-state index < -0.39 is 10.0 Å². The minimum Gasteiger partial charge on any atom is -0.494 e.